The van der Waals surface area contributed by atoms with E-state index in [0.717, 1.165) is 16.5 Å². The minimum absolute atomic E-state index is 0.306. The summed E-state index contributed by atoms with van der Waals surface area (Å²) in [5.74, 6) is -0.306. The van der Waals surface area contributed by atoms with Crippen LogP contribution < -0.4 is 10.6 Å². The summed E-state index contributed by atoms with van der Waals surface area (Å²) in [5, 5.41) is 5.80. The first kappa shape index (κ1) is 8.96. The van der Waals surface area contributed by atoms with E-state index < -0.39 is 12.1 Å². The largest absolute Gasteiger partial charge is 0.361 e. The smallest absolute Gasteiger partial charge is 0.322 e. The number of nitrogens with one attached hydrogen (secondary N) is 3. The number of amides is 3. The highest BCUT2D eigenvalue weighted by Gasteiger charge is 2.30. The first-order valence-electron chi connectivity index (χ1n) is 4.92. The Morgan fingerprint density at radius 3 is 2.75 bits per heavy atom. The zero-order chi connectivity index (χ0) is 11.1. The van der Waals surface area contributed by atoms with Crippen LogP contribution in [0.2, 0.25) is 0 Å². The zero-order valence-electron chi connectivity index (χ0n) is 8.28. The Kier molecular flexibility index (Phi) is 1.73. The van der Waals surface area contributed by atoms with E-state index in [4.69, 9.17) is 0 Å². The molecule has 1 fully saturated rings. The lowest BCUT2D eigenvalue weighted by Crippen LogP contribution is -2.22. The van der Waals surface area contributed by atoms with Crippen LogP contribution in [0.1, 0.15) is 11.6 Å². The molecule has 5 heteroatoms. The maximum absolute atomic E-state index is 11.5. The second-order valence-corrected chi connectivity index (χ2v) is 3.72. The van der Waals surface area contributed by atoms with Crippen LogP contribution in [0.25, 0.3) is 10.9 Å². The second-order valence-electron chi connectivity index (χ2n) is 3.72. The molecule has 16 heavy (non-hydrogen) atoms. The molecule has 1 aliphatic rings. The molecule has 5 nitrogen and oxygen atoms in total. The van der Waals surface area contributed by atoms with Gasteiger partial charge in [-0.15, -0.1) is 0 Å². The molecule has 3 rings (SSSR count). The van der Waals surface area contributed by atoms with Gasteiger partial charge in [0.1, 0.15) is 6.04 Å². The fourth-order valence-electron chi connectivity index (χ4n) is 1.90. The van der Waals surface area contributed by atoms with Crippen molar-refractivity contribution in [3.05, 3.63) is 36.0 Å². The highest BCUT2D eigenvalue weighted by molar-refractivity contribution is 6.04. The maximum atomic E-state index is 11.5. The number of benzene rings is 1. The molecule has 3 N–H and O–H groups in total. The number of hydrogen-bond donors (Lipinski definition) is 3. The van der Waals surface area contributed by atoms with Crippen molar-refractivity contribution in [1.82, 2.24) is 15.6 Å². The van der Waals surface area contributed by atoms with Crippen molar-refractivity contribution in [2.75, 3.05) is 0 Å². The summed E-state index contributed by atoms with van der Waals surface area (Å²) in [6.07, 6.45) is 1.84. The summed E-state index contributed by atoms with van der Waals surface area (Å²) in [7, 11) is 0. The molecule has 80 valence electrons. The van der Waals surface area contributed by atoms with Crippen LogP contribution in [0, 0.1) is 0 Å². The quantitative estimate of drug-likeness (QED) is 0.622. The molecule has 1 aromatic carbocycles. The van der Waals surface area contributed by atoms with Crippen LogP contribution in [0.5, 0.6) is 0 Å². The molecular weight excluding hydrogens is 206 g/mol. The molecule has 3 amide bonds. The molecule has 0 bridgehead atoms. The molecule has 2 heterocycles. The van der Waals surface area contributed by atoms with Crippen LogP contribution in [0.4, 0.5) is 4.79 Å². The van der Waals surface area contributed by atoms with Crippen molar-refractivity contribution in [2.24, 2.45) is 0 Å². The monoisotopic (exact) mass is 215 g/mol. The van der Waals surface area contributed by atoms with Gasteiger partial charge in [-0.25, -0.2) is 4.79 Å². The predicted octanol–water partition coefficient (Wildman–Crippen LogP) is 1.05. The third-order valence-corrected chi connectivity index (χ3v) is 2.69. The molecule has 1 saturated heterocycles. The van der Waals surface area contributed by atoms with Crippen molar-refractivity contribution in [3.8, 4) is 0 Å². The Balaban J connectivity index is 2.05. The Morgan fingerprint density at radius 1 is 1.12 bits per heavy atom. The maximum Gasteiger partial charge on any atom is 0.322 e. The average molecular weight is 215 g/mol. The minimum atomic E-state index is -0.577. The van der Waals surface area contributed by atoms with Crippen molar-refractivity contribution in [1.29, 1.82) is 0 Å². The number of aromatic amines is 1. The lowest BCUT2D eigenvalue weighted by Gasteiger charge is -2.07. The van der Waals surface area contributed by atoms with E-state index in [1.165, 1.54) is 0 Å². The van der Waals surface area contributed by atoms with Gasteiger partial charge in [-0.1, -0.05) is 6.07 Å². The second kappa shape index (κ2) is 3.10. The van der Waals surface area contributed by atoms with Crippen molar-refractivity contribution in [3.63, 3.8) is 0 Å². The third kappa shape index (κ3) is 1.25. The third-order valence-electron chi connectivity index (χ3n) is 2.69. The van der Waals surface area contributed by atoms with Gasteiger partial charge in [0.05, 0.1) is 0 Å². The van der Waals surface area contributed by atoms with Gasteiger partial charge in [-0.3, -0.25) is 10.1 Å². The summed E-state index contributed by atoms with van der Waals surface area (Å²) in [6.45, 7) is 0. The Hall–Kier alpha value is -2.30. The van der Waals surface area contributed by atoms with Gasteiger partial charge in [0.25, 0.3) is 5.91 Å². The van der Waals surface area contributed by atoms with Gasteiger partial charge in [0.2, 0.25) is 0 Å². The van der Waals surface area contributed by atoms with Crippen LogP contribution in [0.15, 0.2) is 30.5 Å². The molecule has 1 atom stereocenters. The number of rotatable bonds is 1. The normalized spacial score (nSPS) is 19.9. The van der Waals surface area contributed by atoms with Gasteiger partial charge < -0.3 is 10.3 Å². The minimum Gasteiger partial charge on any atom is -0.361 e. The molecular formula is C11H9N3O2. The van der Waals surface area contributed by atoms with E-state index in [1.807, 2.05) is 30.5 Å². The Morgan fingerprint density at radius 2 is 2.00 bits per heavy atom. The molecule has 0 aliphatic carbocycles. The molecule has 2 aromatic rings. The molecule has 1 aromatic heterocycles. The van der Waals surface area contributed by atoms with E-state index in [-0.39, 0.29) is 5.91 Å². The lowest BCUT2D eigenvalue weighted by atomic mass is 10.1. The summed E-state index contributed by atoms with van der Waals surface area (Å²) < 4.78 is 0. The van der Waals surface area contributed by atoms with Crippen molar-refractivity contribution in [2.45, 2.75) is 6.04 Å². The molecule has 0 spiro atoms. The number of urea groups is 1. The van der Waals surface area contributed by atoms with Gasteiger partial charge in [0.15, 0.2) is 0 Å². The summed E-state index contributed by atoms with van der Waals surface area (Å²) in [5.41, 5.74) is 1.80. The van der Waals surface area contributed by atoms with Crippen molar-refractivity contribution >= 4 is 22.8 Å². The molecule has 1 aliphatic heterocycles. The van der Waals surface area contributed by atoms with Crippen LogP contribution in [-0.2, 0) is 4.79 Å². The van der Waals surface area contributed by atoms with E-state index in [2.05, 4.69) is 15.6 Å². The average Bonchev–Trinajstić information content (AvgIpc) is 2.83. The number of imide groups is 1. The number of fused-ring (bicyclic) bond motifs is 1. The van der Waals surface area contributed by atoms with Gasteiger partial charge in [-0.05, 0) is 29.1 Å². The van der Waals surface area contributed by atoms with Gasteiger partial charge >= 0.3 is 6.03 Å². The number of H-pyrrole nitrogens is 1. The Labute approximate surface area is 90.8 Å². The Bertz CT molecular complexity index is 588. The lowest BCUT2D eigenvalue weighted by molar-refractivity contribution is -0.120. The highest BCUT2D eigenvalue weighted by Crippen LogP contribution is 2.21. The first-order valence-corrected chi connectivity index (χ1v) is 4.92. The summed E-state index contributed by atoms with van der Waals surface area (Å²) in [6, 6.07) is 6.52. The van der Waals surface area contributed by atoms with E-state index in [9.17, 15) is 9.59 Å². The number of hydrogen-bond acceptors (Lipinski definition) is 2. The fourth-order valence-corrected chi connectivity index (χ4v) is 1.90. The SMILES string of the molecule is O=C1NC(=O)C(c2ccc3[nH]ccc3c2)N1. The van der Waals surface area contributed by atoms with E-state index >= 15 is 0 Å². The topological polar surface area (TPSA) is 74.0 Å². The number of carbonyl (C=O) groups is 2. The van der Waals surface area contributed by atoms with Crippen LogP contribution in [-0.4, -0.2) is 16.9 Å². The first-order chi connectivity index (χ1) is 7.74. The molecule has 0 radical (unpaired) electrons. The van der Waals surface area contributed by atoms with Gasteiger partial charge in [-0.2, -0.15) is 0 Å². The molecule has 1 unspecified atom stereocenters. The zero-order valence-corrected chi connectivity index (χ0v) is 8.28. The molecule has 0 saturated carbocycles. The van der Waals surface area contributed by atoms with Crippen molar-refractivity contribution < 1.29 is 9.59 Å². The summed E-state index contributed by atoms with van der Waals surface area (Å²) in [4.78, 5) is 25.5. The van der Waals surface area contributed by atoms with E-state index in [1.54, 1.807) is 0 Å². The van der Waals surface area contributed by atoms with Gasteiger partial charge in [0, 0.05) is 11.7 Å². The summed E-state index contributed by atoms with van der Waals surface area (Å²) >= 11 is 0. The standard InChI is InChI=1S/C11H9N3O2/c15-10-9(13-11(16)14-10)7-1-2-8-6(5-7)3-4-12-8/h1-5,9,12H,(H2,13,14,15,16). The van der Waals surface area contributed by atoms with Crippen LogP contribution in [0.3, 0.4) is 0 Å². The fraction of sp³-hybridized carbons (Fsp3) is 0.0909. The number of aromatic nitrogens is 1. The van der Waals surface area contributed by atoms with Crippen LogP contribution >= 0.6 is 0 Å². The highest BCUT2D eigenvalue weighted by atomic mass is 16.2. The predicted molar refractivity (Wildman–Crippen MR) is 57.7 cm³/mol. The van der Waals surface area contributed by atoms with E-state index in [0.29, 0.717) is 0 Å². The number of carbonyl (C=O) groups excluding carboxylic acids is 2.